The number of piperazine rings is 1. The molecule has 2 heterocycles. The van der Waals surface area contributed by atoms with E-state index in [2.05, 4.69) is 30.3 Å². The fraction of sp³-hybridized carbons (Fsp3) is 0.619. The topological polar surface area (TPSA) is 55.9 Å². The monoisotopic (exact) mass is 372 g/mol. The number of benzene rings is 1. The van der Waals surface area contributed by atoms with Gasteiger partial charge in [0.25, 0.3) is 0 Å². The van der Waals surface area contributed by atoms with E-state index in [-0.39, 0.29) is 17.5 Å². The predicted molar refractivity (Wildman–Crippen MR) is 108 cm³/mol. The largest absolute Gasteiger partial charge is 0.343 e. The van der Waals surface area contributed by atoms with Gasteiger partial charge in [0.15, 0.2) is 0 Å². The second-order valence-electron chi connectivity index (χ2n) is 7.97. The lowest BCUT2D eigenvalue weighted by Gasteiger charge is -2.49. The van der Waals surface area contributed by atoms with Gasteiger partial charge >= 0.3 is 6.03 Å². The van der Waals surface area contributed by atoms with Crippen LogP contribution in [-0.4, -0.2) is 71.9 Å². The van der Waals surface area contributed by atoms with Crippen LogP contribution in [0.15, 0.2) is 18.2 Å². The highest BCUT2D eigenvalue weighted by molar-refractivity contribution is 5.90. The van der Waals surface area contributed by atoms with Crippen LogP contribution in [0.1, 0.15) is 37.3 Å². The molecule has 6 nitrogen and oxygen atoms in total. The molecule has 0 aliphatic carbocycles. The highest BCUT2D eigenvalue weighted by Gasteiger charge is 2.43. The zero-order valence-corrected chi connectivity index (χ0v) is 17.0. The van der Waals surface area contributed by atoms with Gasteiger partial charge in [-0.2, -0.15) is 0 Å². The molecule has 0 unspecified atom stereocenters. The van der Waals surface area contributed by atoms with Crippen molar-refractivity contribution in [3.05, 3.63) is 29.3 Å². The van der Waals surface area contributed by atoms with Crippen LogP contribution in [0.2, 0.25) is 0 Å². The Balaban J connectivity index is 1.73. The fourth-order valence-electron chi connectivity index (χ4n) is 4.28. The second-order valence-corrected chi connectivity index (χ2v) is 7.97. The van der Waals surface area contributed by atoms with E-state index in [0.717, 1.165) is 43.7 Å². The molecule has 1 N–H and O–H groups in total. The van der Waals surface area contributed by atoms with Gasteiger partial charge in [0, 0.05) is 50.4 Å². The molecule has 0 saturated carbocycles. The summed E-state index contributed by atoms with van der Waals surface area (Å²) < 4.78 is 0. The highest BCUT2D eigenvalue weighted by atomic mass is 16.2. The van der Waals surface area contributed by atoms with Gasteiger partial charge in [-0.25, -0.2) is 4.79 Å². The van der Waals surface area contributed by atoms with E-state index in [1.807, 2.05) is 35.8 Å². The quantitative estimate of drug-likeness (QED) is 0.868. The van der Waals surface area contributed by atoms with E-state index >= 15 is 0 Å². The third kappa shape index (κ3) is 3.95. The van der Waals surface area contributed by atoms with Crippen molar-refractivity contribution in [2.45, 2.75) is 45.6 Å². The van der Waals surface area contributed by atoms with E-state index in [0.29, 0.717) is 19.5 Å². The summed E-state index contributed by atoms with van der Waals surface area (Å²) in [5.41, 5.74) is 3.04. The van der Waals surface area contributed by atoms with Gasteiger partial charge in [0.05, 0.1) is 0 Å². The third-order valence-corrected chi connectivity index (χ3v) is 6.52. The Morgan fingerprint density at radius 2 is 1.96 bits per heavy atom. The van der Waals surface area contributed by atoms with Crippen molar-refractivity contribution in [3.8, 4) is 0 Å². The molecule has 0 aromatic heterocycles. The number of carbonyl (C=O) groups excluding carboxylic acids is 2. The minimum Gasteiger partial charge on any atom is -0.343 e. The van der Waals surface area contributed by atoms with Crippen molar-refractivity contribution >= 4 is 17.6 Å². The molecular weight excluding hydrogens is 340 g/mol. The third-order valence-electron chi connectivity index (χ3n) is 6.52. The van der Waals surface area contributed by atoms with Crippen LogP contribution in [0.4, 0.5) is 10.5 Å². The average Bonchev–Trinajstić information content (AvgIpc) is 2.81. The molecule has 1 aromatic rings. The number of rotatable bonds is 2. The molecular formula is C21H32N4O2. The van der Waals surface area contributed by atoms with Crippen molar-refractivity contribution < 1.29 is 9.59 Å². The second kappa shape index (κ2) is 7.89. The fourth-order valence-corrected chi connectivity index (χ4v) is 4.28. The summed E-state index contributed by atoms with van der Waals surface area (Å²) >= 11 is 0. The van der Waals surface area contributed by atoms with Crippen molar-refractivity contribution in [1.29, 1.82) is 0 Å². The number of urea groups is 1. The lowest BCUT2D eigenvalue weighted by atomic mass is 9.86. The maximum atomic E-state index is 13.0. The van der Waals surface area contributed by atoms with Crippen LogP contribution in [0.3, 0.4) is 0 Å². The number of aryl methyl sites for hydroxylation is 1. The van der Waals surface area contributed by atoms with Gasteiger partial charge in [0.2, 0.25) is 5.91 Å². The Morgan fingerprint density at radius 3 is 2.70 bits per heavy atom. The standard InChI is InChI=1S/C21H32N4O2/c1-5-24-12-11-21(10-9-19(24)26)15-25(14-13-23(21)4)20(27)22-18-8-6-7-16(2)17(18)3/h6-8H,5,9-15H2,1-4H3,(H,22,27)/t21-/m0/s1. The Bertz CT molecular complexity index is 720. The number of carbonyl (C=O) groups is 2. The predicted octanol–water partition coefficient (Wildman–Crippen LogP) is 2.85. The lowest BCUT2D eigenvalue weighted by molar-refractivity contribution is -0.130. The number of likely N-dealkylation sites (tertiary alicyclic amines) is 1. The van der Waals surface area contributed by atoms with Crippen LogP contribution in [0.25, 0.3) is 0 Å². The van der Waals surface area contributed by atoms with Crippen LogP contribution >= 0.6 is 0 Å². The molecule has 2 saturated heterocycles. The summed E-state index contributed by atoms with van der Waals surface area (Å²) in [7, 11) is 2.13. The maximum absolute atomic E-state index is 13.0. The van der Waals surface area contributed by atoms with Gasteiger partial charge < -0.3 is 15.1 Å². The first-order valence-electron chi connectivity index (χ1n) is 9.97. The normalized spacial score (nSPS) is 24.2. The minimum absolute atomic E-state index is 0.0425. The minimum atomic E-state index is -0.114. The van der Waals surface area contributed by atoms with E-state index < -0.39 is 0 Å². The Morgan fingerprint density at radius 1 is 1.19 bits per heavy atom. The zero-order valence-electron chi connectivity index (χ0n) is 17.0. The van der Waals surface area contributed by atoms with Gasteiger partial charge in [-0.3, -0.25) is 9.69 Å². The molecule has 1 spiro atoms. The SMILES string of the molecule is CCN1CC[C@@]2(CCC1=O)CN(C(=O)Nc1cccc(C)c1C)CCN2C. The van der Waals surface area contributed by atoms with E-state index in [1.165, 1.54) is 5.56 Å². The Kier molecular flexibility index (Phi) is 5.75. The summed E-state index contributed by atoms with van der Waals surface area (Å²) in [6.07, 6.45) is 2.28. The molecule has 6 heteroatoms. The van der Waals surface area contributed by atoms with E-state index in [9.17, 15) is 9.59 Å². The first-order valence-corrected chi connectivity index (χ1v) is 9.97. The van der Waals surface area contributed by atoms with Crippen LogP contribution < -0.4 is 5.32 Å². The van der Waals surface area contributed by atoms with Gasteiger partial charge in [-0.05, 0) is 57.9 Å². The van der Waals surface area contributed by atoms with Gasteiger partial charge in [-0.15, -0.1) is 0 Å². The number of hydrogen-bond donors (Lipinski definition) is 1. The lowest BCUT2D eigenvalue weighted by Crippen LogP contribution is -2.62. The van der Waals surface area contributed by atoms with Crippen LogP contribution in [-0.2, 0) is 4.79 Å². The number of anilines is 1. The molecule has 2 aliphatic heterocycles. The summed E-state index contributed by atoms with van der Waals surface area (Å²) in [4.78, 5) is 31.5. The smallest absolute Gasteiger partial charge is 0.321 e. The zero-order chi connectivity index (χ0) is 19.6. The highest BCUT2D eigenvalue weighted by Crippen LogP contribution is 2.32. The van der Waals surface area contributed by atoms with Crippen LogP contribution in [0, 0.1) is 13.8 Å². The average molecular weight is 373 g/mol. The molecule has 2 fully saturated rings. The van der Waals surface area contributed by atoms with E-state index in [4.69, 9.17) is 0 Å². The van der Waals surface area contributed by atoms with Crippen molar-refractivity contribution in [2.24, 2.45) is 0 Å². The molecule has 1 aromatic carbocycles. The number of nitrogens with one attached hydrogen (secondary N) is 1. The molecule has 3 amide bonds. The molecule has 148 valence electrons. The van der Waals surface area contributed by atoms with Crippen molar-refractivity contribution in [1.82, 2.24) is 14.7 Å². The number of nitrogens with zero attached hydrogens (tertiary/aromatic N) is 3. The molecule has 0 bridgehead atoms. The number of amides is 3. The maximum Gasteiger partial charge on any atom is 0.321 e. The van der Waals surface area contributed by atoms with Crippen molar-refractivity contribution in [2.75, 3.05) is 45.1 Å². The van der Waals surface area contributed by atoms with Crippen LogP contribution in [0.5, 0.6) is 0 Å². The van der Waals surface area contributed by atoms with E-state index in [1.54, 1.807) is 0 Å². The Labute approximate surface area is 162 Å². The number of hydrogen-bond acceptors (Lipinski definition) is 3. The van der Waals surface area contributed by atoms with Crippen molar-refractivity contribution in [3.63, 3.8) is 0 Å². The molecule has 27 heavy (non-hydrogen) atoms. The Hall–Kier alpha value is -2.08. The molecule has 3 rings (SSSR count). The first-order chi connectivity index (χ1) is 12.9. The molecule has 1 atom stereocenters. The van der Waals surface area contributed by atoms with Gasteiger partial charge in [0.1, 0.15) is 0 Å². The number of likely N-dealkylation sites (N-methyl/N-ethyl adjacent to an activating group) is 1. The first kappa shape index (κ1) is 19.7. The summed E-state index contributed by atoms with van der Waals surface area (Å²) in [5, 5.41) is 3.09. The summed E-state index contributed by atoms with van der Waals surface area (Å²) in [6, 6.07) is 5.94. The molecule has 0 radical (unpaired) electrons. The molecule has 2 aliphatic rings. The van der Waals surface area contributed by atoms with Gasteiger partial charge in [-0.1, -0.05) is 12.1 Å². The summed E-state index contributed by atoms with van der Waals surface area (Å²) in [6.45, 7) is 9.86. The summed E-state index contributed by atoms with van der Waals surface area (Å²) in [5.74, 6) is 0.236.